The Hall–Kier alpha value is -2.21. The van der Waals surface area contributed by atoms with Gasteiger partial charge in [0.1, 0.15) is 0 Å². The Morgan fingerprint density at radius 3 is 2.90 bits per heavy atom. The molecule has 2 rings (SSSR count). The van der Waals surface area contributed by atoms with Crippen molar-refractivity contribution in [3.8, 4) is 0 Å². The summed E-state index contributed by atoms with van der Waals surface area (Å²) in [5.74, 6) is -0.249. The molecule has 0 aromatic carbocycles. The lowest BCUT2D eigenvalue weighted by Crippen LogP contribution is -2.32. The number of hydrogen-bond donors (Lipinski definition) is 2. The maximum absolute atomic E-state index is 11.8. The lowest BCUT2D eigenvalue weighted by molar-refractivity contribution is -0.121. The molecule has 2 aromatic rings. The molecule has 1 atom stereocenters. The minimum Gasteiger partial charge on any atom is -0.351 e. The van der Waals surface area contributed by atoms with Gasteiger partial charge >= 0.3 is 0 Å². The Morgan fingerprint density at radius 2 is 2.24 bits per heavy atom. The van der Waals surface area contributed by atoms with Gasteiger partial charge in [0.05, 0.1) is 6.04 Å². The third-order valence-electron chi connectivity index (χ3n) is 2.98. The fraction of sp³-hybridized carbons (Fsp3) is 0.267. The van der Waals surface area contributed by atoms with Gasteiger partial charge in [0.25, 0.3) is 5.91 Å². The van der Waals surface area contributed by atoms with E-state index in [1.54, 1.807) is 23.8 Å². The molecule has 0 aliphatic carbocycles. The van der Waals surface area contributed by atoms with Crippen LogP contribution >= 0.6 is 11.3 Å². The third kappa shape index (κ3) is 4.68. The molecule has 2 N–H and O–H groups in total. The fourth-order valence-corrected chi connectivity index (χ4v) is 2.45. The number of hydrogen-bond acceptors (Lipinski definition) is 4. The summed E-state index contributed by atoms with van der Waals surface area (Å²) >= 11 is 1.47. The topological polar surface area (TPSA) is 71.1 Å². The summed E-state index contributed by atoms with van der Waals surface area (Å²) in [5.41, 5.74) is 1.58. The number of amides is 2. The minimum absolute atomic E-state index is 0.0984. The van der Waals surface area contributed by atoms with Crippen LogP contribution in [0.5, 0.6) is 0 Å². The van der Waals surface area contributed by atoms with E-state index in [1.807, 2.05) is 24.4 Å². The van der Waals surface area contributed by atoms with Crippen LogP contribution in [0.15, 0.2) is 41.4 Å². The zero-order chi connectivity index (χ0) is 15.1. The summed E-state index contributed by atoms with van der Waals surface area (Å²) in [4.78, 5) is 27.5. The van der Waals surface area contributed by atoms with E-state index >= 15 is 0 Å². The predicted molar refractivity (Wildman–Crippen MR) is 82.1 cm³/mol. The number of carbonyl (C=O) groups is 2. The van der Waals surface area contributed by atoms with Gasteiger partial charge in [-0.05, 0) is 30.0 Å². The van der Waals surface area contributed by atoms with E-state index in [-0.39, 0.29) is 24.3 Å². The summed E-state index contributed by atoms with van der Waals surface area (Å²) in [5, 5.41) is 9.22. The first-order chi connectivity index (χ1) is 10.2. The molecule has 5 nitrogen and oxygen atoms in total. The molecule has 0 saturated heterocycles. The van der Waals surface area contributed by atoms with Gasteiger partial charge in [-0.2, -0.15) is 11.3 Å². The number of nitrogens with one attached hydrogen (secondary N) is 2. The molecule has 0 fully saturated rings. The van der Waals surface area contributed by atoms with Gasteiger partial charge in [-0.1, -0.05) is 6.07 Å². The highest BCUT2D eigenvalue weighted by Gasteiger charge is 2.10. The maximum atomic E-state index is 11.8. The second-order valence-electron chi connectivity index (χ2n) is 4.59. The van der Waals surface area contributed by atoms with Gasteiger partial charge < -0.3 is 10.6 Å². The zero-order valence-corrected chi connectivity index (χ0v) is 12.5. The molecule has 0 saturated carbocycles. The highest BCUT2D eigenvalue weighted by atomic mass is 32.1. The summed E-state index contributed by atoms with van der Waals surface area (Å²) in [6.45, 7) is 2.22. The number of carbonyl (C=O) groups excluding carboxylic acids is 2. The van der Waals surface area contributed by atoms with Crippen LogP contribution in [0.4, 0.5) is 0 Å². The largest absolute Gasteiger partial charge is 0.351 e. The lowest BCUT2D eigenvalue weighted by Gasteiger charge is -2.13. The smallest absolute Gasteiger partial charge is 0.252 e. The predicted octanol–water partition coefficient (Wildman–Crippen LogP) is 2.14. The first-order valence-electron chi connectivity index (χ1n) is 6.66. The van der Waals surface area contributed by atoms with Gasteiger partial charge in [-0.3, -0.25) is 14.6 Å². The summed E-state index contributed by atoms with van der Waals surface area (Å²) in [6, 6.07) is 5.40. The van der Waals surface area contributed by atoms with Crippen LogP contribution in [0.25, 0.3) is 0 Å². The quantitative estimate of drug-likeness (QED) is 0.859. The molecular formula is C15H17N3O2S. The Labute approximate surface area is 127 Å². The molecule has 110 valence electrons. The van der Waals surface area contributed by atoms with Gasteiger partial charge in [0.15, 0.2) is 0 Å². The van der Waals surface area contributed by atoms with Crippen molar-refractivity contribution in [1.29, 1.82) is 0 Å². The molecule has 2 amide bonds. The van der Waals surface area contributed by atoms with Crippen molar-refractivity contribution in [3.05, 3.63) is 52.5 Å². The highest BCUT2D eigenvalue weighted by molar-refractivity contribution is 7.08. The van der Waals surface area contributed by atoms with Crippen molar-refractivity contribution in [2.75, 3.05) is 6.54 Å². The summed E-state index contributed by atoms with van der Waals surface area (Å²) in [7, 11) is 0. The van der Waals surface area contributed by atoms with Gasteiger partial charge in [0, 0.05) is 36.3 Å². The van der Waals surface area contributed by atoms with Crippen LogP contribution in [0.2, 0.25) is 0 Å². The Morgan fingerprint density at radius 1 is 1.38 bits per heavy atom. The average Bonchev–Trinajstić information content (AvgIpc) is 3.02. The average molecular weight is 303 g/mol. The first kappa shape index (κ1) is 15.2. The van der Waals surface area contributed by atoms with Gasteiger partial charge in [-0.25, -0.2) is 0 Å². The van der Waals surface area contributed by atoms with Crippen molar-refractivity contribution in [2.45, 2.75) is 19.4 Å². The molecule has 0 aliphatic rings. The van der Waals surface area contributed by atoms with E-state index in [1.165, 1.54) is 11.3 Å². The Kier molecular flexibility index (Phi) is 5.45. The van der Waals surface area contributed by atoms with Gasteiger partial charge in [-0.15, -0.1) is 0 Å². The van der Waals surface area contributed by atoms with Crippen molar-refractivity contribution in [1.82, 2.24) is 15.6 Å². The molecule has 2 heterocycles. The standard InChI is InChI=1S/C15H17N3O2S/c1-11(12-3-2-6-16-9-12)18-14(19)4-7-17-15(20)13-5-8-21-10-13/h2-3,5-6,8-11H,4,7H2,1H3,(H,17,20)(H,18,19). The van der Waals surface area contributed by atoms with Crippen LogP contribution in [0.3, 0.4) is 0 Å². The number of rotatable bonds is 6. The van der Waals surface area contributed by atoms with E-state index in [2.05, 4.69) is 15.6 Å². The lowest BCUT2D eigenvalue weighted by atomic mass is 10.1. The number of aromatic nitrogens is 1. The number of pyridine rings is 1. The monoisotopic (exact) mass is 303 g/mol. The molecule has 1 unspecified atom stereocenters. The first-order valence-corrected chi connectivity index (χ1v) is 7.61. The SMILES string of the molecule is CC(NC(=O)CCNC(=O)c1ccsc1)c1cccnc1. The van der Waals surface area contributed by atoms with Crippen molar-refractivity contribution in [3.63, 3.8) is 0 Å². The molecule has 0 radical (unpaired) electrons. The van der Waals surface area contributed by atoms with Crippen molar-refractivity contribution >= 4 is 23.2 Å². The van der Waals surface area contributed by atoms with Crippen molar-refractivity contribution in [2.24, 2.45) is 0 Å². The Bertz CT molecular complexity index is 584. The number of thiophene rings is 1. The van der Waals surface area contributed by atoms with E-state index in [0.717, 1.165) is 5.56 Å². The fourth-order valence-electron chi connectivity index (χ4n) is 1.81. The van der Waals surface area contributed by atoms with Crippen molar-refractivity contribution < 1.29 is 9.59 Å². The Balaban J connectivity index is 1.71. The minimum atomic E-state index is -0.149. The molecular weight excluding hydrogens is 286 g/mol. The third-order valence-corrected chi connectivity index (χ3v) is 3.67. The van der Waals surface area contributed by atoms with E-state index in [4.69, 9.17) is 0 Å². The molecule has 0 aliphatic heterocycles. The zero-order valence-electron chi connectivity index (χ0n) is 11.7. The van der Waals surface area contributed by atoms with Gasteiger partial charge in [0.2, 0.25) is 5.91 Å². The van der Waals surface area contributed by atoms with Crippen LogP contribution in [-0.2, 0) is 4.79 Å². The second kappa shape index (κ2) is 7.54. The maximum Gasteiger partial charge on any atom is 0.252 e. The molecule has 6 heteroatoms. The molecule has 2 aromatic heterocycles. The molecule has 21 heavy (non-hydrogen) atoms. The normalized spacial score (nSPS) is 11.7. The summed E-state index contributed by atoms with van der Waals surface area (Å²) < 4.78 is 0. The highest BCUT2D eigenvalue weighted by Crippen LogP contribution is 2.09. The van der Waals surface area contributed by atoms with E-state index in [9.17, 15) is 9.59 Å². The number of nitrogens with zero attached hydrogens (tertiary/aromatic N) is 1. The van der Waals surface area contributed by atoms with Crippen LogP contribution in [-0.4, -0.2) is 23.3 Å². The second-order valence-corrected chi connectivity index (χ2v) is 5.37. The van der Waals surface area contributed by atoms with Crippen LogP contribution in [0.1, 0.15) is 35.3 Å². The molecule has 0 spiro atoms. The molecule has 0 bridgehead atoms. The van der Waals surface area contributed by atoms with Crippen LogP contribution < -0.4 is 10.6 Å². The van der Waals surface area contributed by atoms with E-state index in [0.29, 0.717) is 12.1 Å². The van der Waals surface area contributed by atoms with Crippen LogP contribution in [0, 0.1) is 0 Å². The summed E-state index contributed by atoms with van der Waals surface area (Å²) in [6.07, 6.45) is 3.67. The van der Waals surface area contributed by atoms with E-state index < -0.39 is 0 Å².